The summed E-state index contributed by atoms with van der Waals surface area (Å²) in [6, 6.07) is 18.8. The van der Waals surface area contributed by atoms with Gasteiger partial charge in [-0.05, 0) is 102 Å². The SMILES string of the molecule is CCOc1cc(C)c(-c2nc3ccccc3c(=O)n2N=Cc2ccc(OCC#N)c(I)c2)cc1C(C)C. The predicted octanol–water partition coefficient (Wildman–Crippen LogP) is 6.28. The minimum Gasteiger partial charge on any atom is -0.494 e. The molecule has 4 aromatic rings. The summed E-state index contributed by atoms with van der Waals surface area (Å²) in [5, 5.41) is 13.9. The summed E-state index contributed by atoms with van der Waals surface area (Å²) in [7, 11) is 0. The van der Waals surface area contributed by atoms with Gasteiger partial charge in [-0.25, -0.2) is 4.98 Å². The van der Waals surface area contributed by atoms with Crippen molar-refractivity contribution in [3.8, 4) is 29.0 Å². The molecule has 0 saturated carbocycles. The van der Waals surface area contributed by atoms with Crippen molar-refractivity contribution in [1.29, 1.82) is 5.26 Å². The first kappa shape index (κ1) is 26.4. The Morgan fingerprint density at radius 2 is 1.92 bits per heavy atom. The fourth-order valence-electron chi connectivity index (χ4n) is 4.02. The summed E-state index contributed by atoms with van der Waals surface area (Å²) in [5.74, 6) is 2.14. The van der Waals surface area contributed by atoms with Crippen LogP contribution in [0.2, 0.25) is 0 Å². The maximum Gasteiger partial charge on any atom is 0.282 e. The fourth-order valence-corrected chi connectivity index (χ4v) is 4.72. The highest BCUT2D eigenvalue weighted by Gasteiger charge is 2.18. The zero-order chi connectivity index (χ0) is 26.5. The van der Waals surface area contributed by atoms with Gasteiger partial charge >= 0.3 is 0 Å². The summed E-state index contributed by atoms with van der Waals surface area (Å²) < 4.78 is 13.5. The van der Waals surface area contributed by atoms with E-state index in [9.17, 15) is 4.79 Å². The van der Waals surface area contributed by atoms with E-state index in [1.165, 1.54) is 4.68 Å². The van der Waals surface area contributed by atoms with Gasteiger partial charge < -0.3 is 9.47 Å². The van der Waals surface area contributed by atoms with Crippen LogP contribution in [0.1, 0.15) is 43.4 Å². The second-order valence-corrected chi connectivity index (χ2v) is 9.91. The Morgan fingerprint density at radius 1 is 1.14 bits per heavy atom. The molecule has 188 valence electrons. The van der Waals surface area contributed by atoms with Crippen LogP contribution in [0.3, 0.4) is 0 Å². The monoisotopic (exact) mass is 606 g/mol. The molecule has 1 heterocycles. The Hall–Kier alpha value is -3.71. The van der Waals surface area contributed by atoms with Crippen LogP contribution < -0.4 is 15.0 Å². The Balaban J connectivity index is 1.89. The smallest absolute Gasteiger partial charge is 0.282 e. The first-order valence-corrected chi connectivity index (χ1v) is 13.0. The molecule has 0 saturated heterocycles. The lowest BCUT2D eigenvalue weighted by Crippen LogP contribution is -2.21. The maximum absolute atomic E-state index is 13.6. The number of aromatic nitrogens is 2. The molecule has 1 aromatic heterocycles. The van der Waals surface area contributed by atoms with E-state index in [-0.39, 0.29) is 18.1 Å². The van der Waals surface area contributed by atoms with Crippen molar-refractivity contribution in [1.82, 2.24) is 9.66 Å². The van der Waals surface area contributed by atoms with E-state index in [0.717, 1.165) is 31.6 Å². The molecule has 4 rings (SSSR count). The third-order valence-corrected chi connectivity index (χ3v) is 6.69. The number of halogens is 1. The van der Waals surface area contributed by atoms with Crippen LogP contribution in [-0.2, 0) is 0 Å². The van der Waals surface area contributed by atoms with E-state index in [1.54, 1.807) is 18.3 Å². The van der Waals surface area contributed by atoms with Gasteiger partial charge in [0.25, 0.3) is 5.56 Å². The Bertz CT molecular complexity index is 1590. The highest BCUT2D eigenvalue weighted by Crippen LogP contribution is 2.34. The number of ether oxygens (including phenoxy) is 2. The summed E-state index contributed by atoms with van der Waals surface area (Å²) >= 11 is 2.15. The Morgan fingerprint density at radius 3 is 2.62 bits per heavy atom. The number of nitrogens with zero attached hydrogens (tertiary/aromatic N) is 4. The average Bonchev–Trinajstić information content (AvgIpc) is 2.88. The third kappa shape index (κ3) is 5.67. The molecule has 0 unspecified atom stereocenters. The molecule has 0 aliphatic rings. The second-order valence-electron chi connectivity index (χ2n) is 8.74. The number of hydrogen-bond acceptors (Lipinski definition) is 6. The van der Waals surface area contributed by atoms with Crippen LogP contribution in [0, 0.1) is 21.8 Å². The number of nitriles is 1. The molecule has 0 spiro atoms. The van der Waals surface area contributed by atoms with Crippen LogP contribution in [0.15, 0.2) is 64.5 Å². The van der Waals surface area contributed by atoms with Crippen LogP contribution in [-0.4, -0.2) is 29.1 Å². The van der Waals surface area contributed by atoms with E-state index < -0.39 is 0 Å². The van der Waals surface area contributed by atoms with Crippen molar-refractivity contribution in [2.24, 2.45) is 5.10 Å². The summed E-state index contributed by atoms with van der Waals surface area (Å²) in [6.07, 6.45) is 1.63. The minimum absolute atomic E-state index is 0.0231. The van der Waals surface area contributed by atoms with Crippen molar-refractivity contribution >= 4 is 39.7 Å². The molecule has 8 heteroatoms. The Labute approximate surface area is 229 Å². The van der Waals surface area contributed by atoms with Crippen molar-refractivity contribution < 1.29 is 9.47 Å². The van der Waals surface area contributed by atoms with Crippen molar-refractivity contribution in [3.05, 3.63) is 85.2 Å². The number of aryl methyl sites for hydroxylation is 1. The molecule has 37 heavy (non-hydrogen) atoms. The zero-order valence-electron chi connectivity index (χ0n) is 21.2. The first-order chi connectivity index (χ1) is 17.8. The molecule has 3 aromatic carbocycles. The molecule has 0 atom stereocenters. The number of hydrogen-bond donors (Lipinski definition) is 0. The highest BCUT2D eigenvalue weighted by atomic mass is 127. The molecule has 0 N–H and O–H groups in total. The fraction of sp³-hybridized carbons (Fsp3) is 0.241. The first-order valence-electron chi connectivity index (χ1n) is 12.0. The van der Waals surface area contributed by atoms with Gasteiger partial charge in [-0.1, -0.05) is 26.0 Å². The normalized spacial score (nSPS) is 11.3. The summed E-state index contributed by atoms with van der Waals surface area (Å²) in [6.45, 7) is 8.72. The van der Waals surface area contributed by atoms with Gasteiger partial charge in [-0.2, -0.15) is 15.0 Å². The molecule has 0 radical (unpaired) electrons. The maximum atomic E-state index is 13.6. The van der Waals surface area contributed by atoms with Gasteiger partial charge in [-0.3, -0.25) is 4.79 Å². The van der Waals surface area contributed by atoms with Gasteiger partial charge in [0.05, 0.1) is 27.3 Å². The van der Waals surface area contributed by atoms with Crippen LogP contribution in [0.25, 0.3) is 22.3 Å². The van der Waals surface area contributed by atoms with Gasteiger partial charge in [0.1, 0.15) is 17.6 Å². The predicted molar refractivity (Wildman–Crippen MR) is 155 cm³/mol. The lowest BCUT2D eigenvalue weighted by atomic mass is 9.96. The van der Waals surface area contributed by atoms with E-state index in [4.69, 9.17) is 19.7 Å². The van der Waals surface area contributed by atoms with Crippen molar-refractivity contribution in [2.75, 3.05) is 13.2 Å². The summed E-state index contributed by atoms with van der Waals surface area (Å²) in [5.41, 5.74) is 3.95. The highest BCUT2D eigenvalue weighted by molar-refractivity contribution is 14.1. The molecule has 0 bridgehead atoms. The van der Waals surface area contributed by atoms with Crippen molar-refractivity contribution in [3.63, 3.8) is 0 Å². The molecular formula is C29H27IN4O3. The zero-order valence-corrected chi connectivity index (χ0v) is 23.3. The largest absolute Gasteiger partial charge is 0.494 e. The van der Waals surface area contributed by atoms with Crippen LogP contribution in [0.4, 0.5) is 0 Å². The molecule has 0 amide bonds. The van der Waals surface area contributed by atoms with Gasteiger partial charge in [0.15, 0.2) is 12.4 Å². The second kappa shape index (κ2) is 11.6. The van der Waals surface area contributed by atoms with Crippen LogP contribution in [0.5, 0.6) is 11.5 Å². The van der Waals surface area contributed by atoms with E-state index in [1.807, 2.05) is 56.3 Å². The van der Waals surface area contributed by atoms with E-state index >= 15 is 0 Å². The standard InChI is InChI=1S/C29H27IN4O3/c1-5-36-27-14-19(4)23(16-22(27)18(2)3)28-33-25-9-7-6-8-21(25)29(35)34(28)32-17-20-10-11-26(24(30)15-20)37-13-12-31/h6-11,14-18H,5,13H2,1-4H3. The van der Waals surface area contributed by atoms with Gasteiger partial charge in [0.2, 0.25) is 0 Å². The molecule has 0 fully saturated rings. The van der Waals surface area contributed by atoms with Gasteiger partial charge in [0, 0.05) is 5.56 Å². The Kier molecular flexibility index (Phi) is 8.24. The summed E-state index contributed by atoms with van der Waals surface area (Å²) in [4.78, 5) is 18.5. The van der Waals surface area contributed by atoms with E-state index in [0.29, 0.717) is 29.1 Å². The molecule has 0 aliphatic carbocycles. The number of rotatable bonds is 8. The number of fused-ring (bicyclic) bond motifs is 1. The molecule has 0 aliphatic heterocycles. The van der Waals surface area contributed by atoms with Crippen molar-refractivity contribution in [2.45, 2.75) is 33.6 Å². The molecular weight excluding hydrogens is 579 g/mol. The lowest BCUT2D eigenvalue weighted by Gasteiger charge is -2.18. The van der Waals surface area contributed by atoms with Crippen LogP contribution >= 0.6 is 22.6 Å². The van der Waals surface area contributed by atoms with E-state index in [2.05, 4.69) is 47.6 Å². The topological polar surface area (TPSA) is 89.5 Å². The number of para-hydroxylation sites is 1. The average molecular weight is 606 g/mol. The minimum atomic E-state index is -0.250. The number of benzene rings is 3. The van der Waals surface area contributed by atoms with Gasteiger partial charge in [-0.15, -0.1) is 0 Å². The lowest BCUT2D eigenvalue weighted by molar-refractivity contribution is 0.335. The third-order valence-electron chi connectivity index (χ3n) is 5.84. The quantitative estimate of drug-likeness (QED) is 0.174. The molecule has 7 nitrogen and oxygen atoms in total.